The number of carbonyl (C=O) groups excluding carboxylic acids is 1. The summed E-state index contributed by atoms with van der Waals surface area (Å²) in [5, 5.41) is 10.3. The number of nitrogens with zero attached hydrogens (tertiary/aromatic N) is 4. The molecule has 1 amide bonds. The summed E-state index contributed by atoms with van der Waals surface area (Å²) in [4.78, 5) is 16.8. The molecule has 8 heteroatoms. The molecule has 3 aromatic rings. The Balaban J connectivity index is 1.58. The fourth-order valence-corrected chi connectivity index (χ4v) is 2.68. The zero-order valence-electron chi connectivity index (χ0n) is 14.4. The second kappa shape index (κ2) is 8.09. The molecule has 1 N–H and O–H groups in total. The van der Waals surface area contributed by atoms with Crippen LogP contribution in [0.3, 0.4) is 0 Å². The minimum Gasteiger partial charge on any atom is -0.492 e. The number of hydrogen-bond donors (Lipinski definition) is 1. The highest BCUT2D eigenvalue weighted by Gasteiger charge is 2.13. The maximum Gasteiger partial charge on any atom is 0.271 e. The Labute approximate surface area is 159 Å². The van der Waals surface area contributed by atoms with Crippen LogP contribution in [-0.2, 0) is 0 Å². The summed E-state index contributed by atoms with van der Waals surface area (Å²) in [6, 6.07) is 9.46. The van der Waals surface area contributed by atoms with Crippen molar-refractivity contribution in [2.24, 2.45) is 0 Å². The van der Waals surface area contributed by atoms with Gasteiger partial charge >= 0.3 is 0 Å². The van der Waals surface area contributed by atoms with Crippen LogP contribution in [0.15, 0.2) is 47.5 Å². The van der Waals surface area contributed by atoms with E-state index in [-0.39, 0.29) is 5.91 Å². The fourth-order valence-electron chi connectivity index (χ4n) is 2.27. The van der Waals surface area contributed by atoms with E-state index < -0.39 is 0 Å². The van der Waals surface area contributed by atoms with Gasteiger partial charge in [-0.2, -0.15) is 0 Å². The van der Waals surface area contributed by atoms with E-state index in [4.69, 9.17) is 4.74 Å². The third kappa shape index (κ3) is 4.26. The van der Waals surface area contributed by atoms with Crippen LogP contribution in [0.25, 0.3) is 5.82 Å². The van der Waals surface area contributed by atoms with E-state index in [9.17, 15) is 4.79 Å². The van der Waals surface area contributed by atoms with Gasteiger partial charge in [0.05, 0.1) is 6.54 Å². The summed E-state index contributed by atoms with van der Waals surface area (Å²) in [7, 11) is 0. The number of amides is 1. The van der Waals surface area contributed by atoms with E-state index in [2.05, 4.69) is 43.4 Å². The molecule has 134 valence electrons. The second-order valence-electron chi connectivity index (χ2n) is 5.72. The Hall–Kier alpha value is -2.74. The highest BCUT2D eigenvalue weighted by molar-refractivity contribution is 9.10. The molecule has 7 nitrogen and oxygen atoms in total. The van der Waals surface area contributed by atoms with Crippen LogP contribution in [0, 0.1) is 13.8 Å². The normalized spacial score (nSPS) is 10.6. The van der Waals surface area contributed by atoms with Gasteiger partial charge in [0.25, 0.3) is 5.91 Å². The predicted octanol–water partition coefficient (Wildman–Crippen LogP) is 2.85. The number of rotatable bonds is 6. The van der Waals surface area contributed by atoms with Crippen LogP contribution in [0.5, 0.6) is 5.75 Å². The highest BCUT2D eigenvalue weighted by Crippen LogP contribution is 2.17. The van der Waals surface area contributed by atoms with Crippen molar-refractivity contribution in [3.63, 3.8) is 0 Å². The van der Waals surface area contributed by atoms with Gasteiger partial charge in [-0.25, -0.2) is 4.98 Å². The van der Waals surface area contributed by atoms with Crippen LogP contribution in [-0.4, -0.2) is 38.8 Å². The third-order valence-corrected chi connectivity index (χ3v) is 4.50. The molecule has 0 aliphatic rings. The first-order chi connectivity index (χ1) is 12.5. The van der Waals surface area contributed by atoms with Gasteiger partial charge in [-0.05, 0) is 65.2 Å². The lowest BCUT2D eigenvalue weighted by Gasteiger charge is -2.10. The monoisotopic (exact) mass is 415 g/mol. The van der Waals surface area contributed by atoms with E-state index in [1.165, 1.54) is 23.8 Å². The van der Waals surface area contributed by atoms with Gasteiger partial charge in [0.1, 0.15) is 36.5 Å². The van der Waals surface area contributed by atoms with Crippen molar-refractivity contribution in [2.75, 3.05) is 13.2 Å². The average Bonchev–Trinajstić information content (AvgIpc) is 3.16. The number of halogens is 1. The van der Waals surface area contributed by atoms with Crippen molar-refractivity contribution in [3.8, 4) is 11.6 Å². The minimum atomic E-state index is -0.282. The number of ether oxygens (including phenoxy) is 1. The number of hydrogen-bond acceptors (Lipinski definition) is 5. The summed E-state index contributed by atoms with van der Waals surface area (Å²) in [6.07, 6.45) is 3.05. The number of aromatic nitrogens is 4. The smallest absolute Gasteiger partial charge is 0.271 e. The molecule has 26 heavy (non-hydrogen) atoms. The Morgan fingerprint density at radius 2 is 1.92 bits per heavy atom. The van der Waals surface area contributed by atoms with Crippen molar-refractivity contribution < 1.29 is 9.53 Å². The van der Waals surface area contributed by atoms with Crippen LogP contribution in [0.1, 0.15) is 21.6 Å². The van der Waals surface area contributed by atoms with Crippen molar-refractivity contribution in [3.05, 3.63) is 64.3 Å². The first kappa shape index (κ1) is 18.1. The summed E-state index contributed by atoms with van der Waals surface area (Å²) >= 11 is 3.36. The lowest BCUT2D eigenvalue weighted by Crippen LogP contribution is -2.29. The van der Waals surface area contributed by atoms with E-state index in [1.807, 2.05) is 25.1 Å². The third-order valence-electron chi connectivity index (χ3n) is 3.86. The number of pyridine rings is 1. The summed E-state index contributed by atoms with van der Waals surface area (Å²) < 4.78 is 7.92. The van der Waals surface area contributed by atoms with E-state index in [0.29, 0.717) is 29.1 Å². The molecule has 2 aromatic heterocycles. The van der Waals surface area contributed by atoms with Gasteiger partial charge in [-0.3, -0.25) is 9.36 Å². The highest BCUT2D eigenvalue weighted by atomic mass is 79.9. The Morgan fingerprint density at radius 3 is 2.65 bits per heavy atom. The van der Waals surface area contributed by atoms with Crippen molar-refractivity contribution in [1.82, 2.24) is 25.1 Å². The maximum atomic E-state index is 12.4. The van der Waals surface area contributed by atoms with Crippen molar-refractivity contribution in [2.45, 2.75) is 13.8 Å². The molecule has 0 aliphatic carbocycles. The Bertz CT molecular complexity index is 912. The van der Waals surface area contributed by atoms with Crippen molar-refractivity contribution in [1.29, 1.82) is 0 Å². The lowest BCUT2D eigenvalue weighted by atomic mass is 10.1. The van der Waals surface area contributed by atoms with Gasteiger partial charge in [0.15, 0.2) is 0 Å². The summed E-state index contributed by atoms with van der Waals surface area (Å²) in [5.74, 6) is 1.07. The first-order valence-electron chi connectivity index (χ1n) is 8.04. The fraction of sp³-hybridized carbons (Fsp3) is 0.222. The number of aryl methyl sites for hydroxylation is 2. The average molecular weight is 416 g/mol. The molecule has 3 rings (SSSR count). The van der Waals surface area contributed by atoms with Gasteiger partial charge in [0.2, 0.25) is 0 Å². The minimum absolute atomic E-state index is 0.282. The van der Waals surface area contributed by atoms with Crippen LogP contribution in [0.4, 0.5) is 0 Å². The molecular formula is C18H18BrN5O2. The van der Waals surface area contributed by atoms with Gasteiger partial charge < -0.3 is 10.1 Å². The lowest BCUT2D eigenvalue weighted by molar-refractivity contribution is 0.0941. The second-order valence-corrected chi connectivity index (χ2v) is 6.57. The summed E-state index contributed by atoms with van der Waals surface area (Å²) in [5.41, 5.74) is 2.68. The number of benzene rings is 1. The molecule has 0 fully saturated rings. The standard InChI is InChI=1S/C18H18BrN5O2/c1-12-3-4-14(9-13(12)2)26-8-7-20-18(25)17-15(19)5-6-16(23-17)24-10-21-22-11-24/h3-6,9-11H,7-8H2,1-2H3,(H,20,25). The molecule has 0 saturated carbocycles. The van der Waals surface area contributed by atoms with Crippen LogP contribution < -0.4 is 10.1 Å². The largest absolute Gasteiger partial charge is 0.492 e. The molecule has 0 radical (unpaired) electrons. The molecule has 0 atom stereocenters. The zero-order valence-corrected chi connectivity index (χ0v) is 16.0. The van der Waals surface area contributed by atoms with Gasteiger partial charge in [-0.1, -0.05) is 6.07 Å². The van der Waals surface area contributed by atoms with E-state index in [1.54, 1.807) is 16.7 Å². The summed E-state index contributed by atoms with van der Waals surface area (Å²) in [6.45, 7) is 4.84. The topological polar surface area (TPSA) is 81.9 Å². The van der Waals surface area contributed by atoms with Crippen LogP contribution >= 0.6 is 15.9 Å². The SMILES string of the molecule is Cc1ccc(OCCNC(=O)c2nc(-n3cnnc3)ccc2Br)cc1C. The molecule has 0 bridgehead atoms. The molecular weight excluding hydrogens is 398 g/mol. The number of nitrogens with one attached hydrogen (secondary N) is 1. The molecule has 0 spiro atoms. The van der Waals surface area contributed by atoms with Gasteiger partial charge in [-0.15, -0.1) is 10.2 Å². The quantitative estimate of drug-likeness (QED) is 0.625. The predicted molar refractivity (Wildman–Crippen MR) is 101 cm³/mol. The zero-order chi connectivity index (χ0) is 18.5. The molecule has 0 aliphatic heterocycles. The van der Waals surface area contributed by atoms with E-state index in [0.717, 1.165) is 5.75 Å². The molecule has 0 unspecified atom stereocenters. The van der Waals surface area contributed by atoms with Gasteiger partial charge in [0, 0.05) is 4.47 Å². The molecule has 2 heterocycles. The van der Waals surface area contributed by atoms with E-state index >= 15 is 0 Å². The molecule has 1 aromatic carbocycles. The van der Waals surface area contributed by atoms with Crippen LogP contribution in [0.2, 0.25) is 0 Å². The Morgan fingerprint density at radius 1 is 1.15 bits per heavy atom. The first-order valence-corrected chi connectivity index (χ1v) is 8.83. The maximum absolute atomic E-state index is 12.4. The Kier molecular flexibility index (Phi) is 5.62. The molecule has 0 saturated heterocycles. The number of carbonyl (C=O) groups is 1. The van der Waals surface area contributed by atoms with Crippen molar-refractivity contribution >= 4 is 21.8 Å².